The molecular formula is C17H23BrClN3O3. The zero-order valence-electron chi connectivity index (χ0n) is 13.9. The number of benzene rings is 1. The van der Waals surface area contributed by atoms with E-state index in [0.29, 0.717) is 18.8 Å². The molecule has 3 rings (SSSR count). The van der Waals surface area contributed by atoms with Crippen LogP contribution in [0.25, 0.3) is 0 Å². The van der Waals surface area contributed by atoms with Crippen LogP contribution < -0.4 is 10.1 Å². The Bertz CT molecular complexity index is 617. The van der Waals surface area contributed by atoms with Crippen molar-refractivity contribution in [2.45, 2.75) is 18.9 Å². The molecule has 8 heteroatoms. The molecule has 2 aliphatic heterocycles. The average molecular weight is 433 g/mol. The molecule has 2 amide bonds. The first-order valence-corrected chi connectivity index (χ1v) is 9.09. The lowest BCUT2D eigenvalue weighted by Gasteiger charge is -2.41. The van der Waals surface area contributed by atoms with Crippen molar-refractivity contribution in [3.63, 3.8) is 0 Å². The van der Waals surface area contributed by atoms with Crippen LogP contribution >= 0.6 is 28.3 Å². The summed E-state index contributed by atoms with van der Waals surface area (Å²) in [6, 6.07) is 7.58. The third-order valence-electron chi connectivity index (χ3n) is 4.47. The third kappa shape index (κ3) is 5.33. The van der Waals surface area contributed by atoms with Gasteiger partial charge in [0.1, 0.15) is 5.75 Å². The van der Waals surface area contributed by atoms with Gasteiger partial charge in [-0.25, -0.2) is 0 Å². The standard InChI is InChI=1S/C17H22BrN3O3.ClH/c18-13-3-1-5-15(9-13)24-12-17(23)20-7-2-4-14(11-20)21-8-6-19-10-16(21)22;/h1,3,5,9,14,19H,2,4,6-8,10-12H2;1H. The van der Waals surface area contributed by atoms with Crippen LogP contribution in [0.2, 0.25) is 0 Å². The number of carbonyl (C=O) groups excluding carboxylic acids is 2. The highest BCUT2D eigenvalue weighted by Crippen LogP contribution is 2.19. The molecule has 1 aromatic carbocycles. The predicted octanol–water partition coefficient (Wildman–Crippen LogP) is 1.67. The predicted molar refractivity (Wildman–Crippen MR) is 101 cm³/mol. The van der Waals surface area contributed by atoms with Crippen LogP contribution in [0.15, 0.2) is 28.7 Å². The van der Waals surface area contributed by atoms with E-state index in [1.54, 1.807) is 0 Å². The van der Waals surface area contributed by atoms with Gasteiger partial charge in [0.15, 0.2) is 6.61 Å². The van der Waals surface area contributed by atoms with Crippen molar-refractivity contribution in [2.75, 3.05) is 39.3 Å². The molecule has 25 heavy (non-hydrogen) atoms. The maximum absolute atomic E-state index is 12.4. The number of ether oxygens (including phenoxy) is 1. The molecule has 2 aliphatic rings. The van der Waals surface area contributed by atoms with Gasteiger partial charge in [0, 0.05) is 36.7 Å². The quantitative estimate of drug-likeness (QED) is 0.786. The fourth-order valence-corrected chi connectivity index (χ4v) is 3.61. The van der Waals surface area contributed by atoms with E-state index in [1.165, 1.54) is 0 Å². The molecule has 0 aromatic heterocycles. The minimum absolute atomic E-state index is 0. The van der Waals surface area contributed by atoms with Crippen LogP contribution in [0, 0.1) is 0 Å². The molecule has 0 spiro atoms. The second-order valence-corrected chi connectivity index (χ2v) is 7.06. The van der Waals surface area contributed by atoms with Crippen molar-refractivity contribution >= 4 is 40.2 Å². The molecule has 138 valence electrons. The Morgan fingerprint density at radius 1 is 1.36 bits per heavy atom. The van der Waals surface area contributed by atoms with Crippen molar-refractivity contribution < 1.29 is 14.3 Å². The molecule has 1 unspecified atom stereocenters. The second kappa shape index (κ2) is 9.40. The fourth-order valence-electron chi connectivity index (χ4n) is 3.24. The molecule has 2 saturated heterocycles. The smallest absolute Gasteiger partial charge is 0.260 e. The first-order valence-electron chi connectivity index (χ1n) is 8.30. The number of amides is 2. The number of piperidine rings is 1. The van der Waals surface area contributed by atoms with E-state index in [2.05, 4.69) is 21.2 Å². The van der Waals surface area contributed by atoms with E-state index >= 15 is 0 Å². The Balaban J connectivity index is 0.00000225. The number of piperazine rings is 1. The van der Waals surface area contributed by atoms with Gasteiger partial charge < -0.3 is 19.9 Å². The molecule has 1 aromatic rings. The van der Waals surface area contributed by atoms with Gasteiger partial charge in [0.05, 0.1) is 6.54 Å². The molecule has 0 aliphatic carbocycles. The lowest BCUT2D eigenvalue weighted by molar-refractivity contribution is -0.141. The Labute approximate surface area is 162 Å². The summed E-state index contributed by atoms with van der Waals surface area (Å²) in [5.74, 6) is 0.775. The monoisotopic (exact) mass is 431 g/mol. The first kappa shape index (κ1) is 20.0. The zero-order chi connectivity index (χ0) is 16.9. The largest absolute Gasteiger partial charge is 0.484 e. The summed E-state index contributed by atoms with van der Waals surface area (Å²) < 4.78 is 6.51. The van der Waals surface area contributed by atoms with E-state index in [4.69, 9.17) is 4.74 Å². The summed E-state index contributed by atoms with van der Waals surface area (Å²) in [7, 11) is 0. The van der Waals surface area contributed by atoms with Gasteiger partial charge in [-0.15, -0.1) is 12.4 Å². The zero-order valence-corrected chi connectivity index (χ0v) is 16.4. The Morgan fingerprint density at radius 2 is 2.20 bits per heavy atom. The molecule has 6 nitrogen and oxygen atoms in total. The van der Waals surface area contributed by atoms with Gasteiger partial charge in [-0.2, -0.15) is 0 Å². The molecule has 2 fully saturated rings. The van der Waals surface area contributed by atoms with Crippen molar-refractivity contribution in [2.24, 2.45) is 0 Å². The highest BCUT2D eigenvalue weighted by molar-refractivity contribution is 9.10. The topological polar surface area (TPSA) is 61.9 Å². The van der Waals surface area contributed by atoms with Gasteiger partial charge in [-0.05, 0) is 31.0 Å². The van der Waals surface area contributed by atoms with Crippen LogP contribution in [-0.2, 0) is 9.59 Å². The van der Waals surface area contributed by atoms with Crippen LogP contribution in [0.4, 0.5) is 0 Å². The van der Waals surface area contributed by atoms with Crippen molar-refractivity contribution in [1.29, 1.82) is 0 Å². The number of halogens is 2. The number of rotatable bonds is 4. The van der Waals surface area contributed by atoms with Gasteiger partial charge >= 0.3 is 0 Å². The summed E-state index contributed by atoms with van der Waals surface area (Å²) >= 11 is 3.39. The summed E-state index contributed by atoms with van der Waals surface area (Å²) in [6.45, 7) is 3.31. The maximum Gasteiger partial charge on any atom is 0.260 e. The molecule has 1 atom stereocenters. The Morgan fingerprint density at radius 3 is 2.96 bits per heavy atom. The lowest BCUT2D eigenvalue weighted by Crippen LogP contribution is -2.57. The Kier molecular flexibility index (Phi) is 7.53. The van der Waals surface area contributed by atoms with E-state index < -0.39 is 0 Å². The summed E-state index contributed by atoms with van der Waals surface area (Å²) in [4.78, 5) is 28.2. The molecule has 1 N–H and O–H groups in total. The summed E-state index contributed by atoms with van der Waals surface area (Å²) in [5.41, 5.74) is 0. The van der Waals surface area contributed by atoms with Crippen LogP contribution in [-0.4, -0.2) is 67.0 Å². The highest BCUT2D eigenvalue weighted by atomic mass is 79.9. The number of nitrogens with one attached hydrogen (secondary N) is 1. The van der Waals surface area contributed by atoms with Crippen LogP contribution in [0.1, 0.15) is 12.8 Å². The van der Waals surface area contributed by atoms with Crippen LogP contribution in [0.3, 0.4) is 0 Å². The van der Waals surface area contributed by atoms with Gasteiger partial charge in [-0.3, -0.25) is 9.59 Å². The number of hydrogen-bond acceptors (Lipinski definition) is 4. The Hall–Kier alpha value is -1.31. The third-order valence-corrected chi connectivity index (χ3v) is 4.97. The van der Waals surface area contributed by atoms with Gasteiger partial charge in [-0.1, -0.05) is 22.0 Å². The van der Waals surface area contributed by atoms with E-state index in [-0.39, 0.29) is 36.9 Å². The fraction of sp³-hybridized carbons (Fsp3) is 0.529. The number of nitrogens with zero attached hydrogens (tertiary/aromatic N) is 2. The lowest BCUT2D eigenvalue weighted by atomic mass is 10.0. The highest BCUT2D eigenvalue weighted by Gasteiger charge is 2.31. The van der Waals surface area contributed by atoms with Crippen molar-refractivity contribution in [3.05, 3.63) is 28.7 Å². The van der Waals surface area contributed by atoms with E-state index in [9.17, 15) is 9.59 Å². The molecule has 0 bridgehead atoms. The summed E-state index contributed by atoms with van der Waals surface area (Å²) in [6.07, 6.45) is 1.88. The van der Waals surface area contributed by atoms with Gasteiger partial charge in [0.2, 0.25) is 5.91 Å². The SMILES string of the molecule is Cl.O=C(COc1cccc(Br)c1)N1CCCC(N2CCNCC2=O)C1. The average Bonchev–Trinajstić information content (AvgIpc) is 2.60. The van der Waals surface area contributed by atoms with Gasteiger partial charge in [0.25, 0.3) is 5.91 Å². The van der Waals surface area contributed by atoms with E-state index in [0.717, 1.165) is 36.9 Å². The number of hydrogen-bond donors (Lipinski definition) is 1. The molecule has 0 saturated carbocycles. The summed E-state index contributed by atoms with van der Waals surface area (Å²) in [5, 5.41) is 3.08. The van der Waals surface area contributed by atoms with Crippen LogP contribution in [0.5, 0.6) is 5.75 Å². The molecule has 2 heterocycles. The van der Waals surface area contributed by atoms with Crippen molar-refractivity contribution in [3.8, 4) is 5.75 Å². The first-order chi connectivity index (χ1) is 11.6. The maximum atomic E-state index is 12.4. The minimum atomic E-state index is -0.0257. The number of likely N-dealkylation sites (tertiary alicyclic amines) is 1. The molecule has 0 radical (unpaired) electrons. The normalized spacial score (nSPS) is 20.8. The van der Waals surface area contributed by atoms with E-state index in [1.807, 2.05) is 34.1 Å². The second-order valence-electron chi connectivity index (χ2n) is 6.15. The number of carbonyl (C=O) groups is 2. The molecular weight excluding hydrogens is 410 g/mol. The van der Waals surface area contributed by atoms with Crippen molar-refractivity contribution in [1.82, 2.24) is 15.1 Å². The minimum Gasteiger partial charge on any atom is -0.484 e.